The fraction of sp³-hybridized carbons (Fsp3) is 0.529. The van der Waals surface area contributed by atoms with E-state index in [1.807, 2.05) is 6.92 Å². The minimum atomic E-state index is -0.392. The first-order valence-electron chi connectivity index (χ1n) is 8.67. The summed E-state index contributed by atoms with van der Waals surface area (Å²) in [6.07, 6.45) is 2.18. The van der Waals surface area contributed by atoms with Gasteiger partial charge in [0.05, 0.1) is 32.1 Å². The monoisotopic (exact) mass is 393 g/mol. The zero-order chi connectivity index (χ0) is 19.2. The van der Waals surface area contributed by atoms with Gasteiger partial charge in [0.1, 0.15) is 11.5 Å². The van der Waals surface area contributed by atoms with Crippen molar-refractivity contribution in [3.8, 4) is 11.5 Å². The number of aromatic nitrogens is 4. The Balaban J connectivity index is 1.62. The van der Waals surface area contributed by atoms with Gasteiger partial charge in [-0.25, -0.2) is 4.68 Å². The number of anilines is 1. The molecule has 2 aromatic rings. The van der Waals surface area contributed by atoms with Gasteiger partial charge in [-0.3, -0.25) is 4.79 Å². The lowest BCUT2D eigenvalue weighted by Crippen LogP contribution is -2.23. The summed E-state index contributed by atoms with van der Waals surface area (Å²) in [6, 6.07) is 5.21. The lowest BCUT2D eigenvalue weighted by Gasteiger charge is -2.14. The predicted octanol–water partition coefficient (Wildman–Crippen LogP) is 1.99. The molecular formula is C17H23N5O4S. The van der Waals surface area contributed by atoms with E-state index in [-0.39, 0.29) is 12.0 Å². The lowest BCUT2D eigenvalue weighted by molar-refractivity contribution is -0.115. The van der Waals surface area contributed by atoms with E-state index in [1.54, 1.807) is 37.1 Å². The molecule has 146 valence electrons. The molecule has 1 N–H and O–H groups in total. The molecule has 27 heavy (non-hydrogen) atoms. The van der Waals surface area contributed by atoms with Crippen LogP contribution in [0.2, 0.25) is 0 Å². The topological polar surface area (TPSA) is 100 Å². The standard InChI is InChI=1S/C17H23N5O4S/c1-11(16(23)18-12-7-14(24-2)9-15(8-12)25-3)27-17-19-20-21-22(17)10-13-5-4-6-26-13/h7-9,11,13H,4-6,10H2,1-3H3,(H,18,23). The number of thioether (sulfide) groups is 1. The van der Waals surface area contributed by atoms with Gasteiger partial charge in [-0.15, -0.1) is 5.10 Å². The number of tetrazole rings is 1. The maximum atomic E-state index is 12.6. The van der Waals surface area contributed by atoms with Gasteiger partial charge in [0.15, 0.2) is 0 Å². The SMILES string of the molecule is COc1cc(NC(=O)C(C)Sc2nnnn2CC2CCCO2)cc(OC)c1. The summed E-state index contributed by atoms with van der Waals surface area (Å²) in [6.45, 7) is 3.18. The van der Waals surface area contributed by atoms with Crippen LogP contribution in [0.4, 0.5) is 5.69 Å². The smallest absolute Gasteiger partial charge is 0.237 e. The summed E-state index contributed by atoms with van der Waals surface area (Å²) < 4.78 is 17.8. The number of benzene rings is 1. The van der Waals surface area contributed by atoms with Crippen molar-refractivity contribution >= 4 is 23.4 Å². The first-order chi connectivity index (χ1) is 13.1. The number of ether oxygens (including phenoxy) is 3. The van der Waals surface area contributed by atoms with E-state index in [0.29, 0.717) is 28.9 Å². The molecule has 0 spiro atoms. The van der Waals surface area contributed by atoms with Crippen molar-refractivity contribution in [2.45, 2.75) is 42.8 Å². The second kappa shape index (κ2) is 9.05. The van der Waals surface area contributed by atoms with Crippen LogP contribution in [-0.2, 0) is 16.1 Å². The van der Waals surface area contributed by atoms with Crippen molar-refractivity contribution in [2.24, 2.45) is 0 Å². The maximum Gasteiger partial charge on any atom is 0.237 e. The molecule has 1 fully saturated rings. The van der Waals surface area contributed by atoms with Crippen molar-refractivity contribution in [2.75, 3.05) is 26.1 Å². The van der Waals surface area contributed by atoms with Crippen molar-refractivity contribution in [1.29, 1.82) is 0 Å². The Kier molecular flexibility index (Phi) is 6.51. The molecule has 2 heterocycles. The molecule has 1 aromatic carbocycles. The Morgan fingerprint density at radius 3 is 2.74 bits per heavy atom. The van der Waals surface area contributed by atoms with E-state index in [4.69, 9.17) is 14.2 Å². The summed E-state index contributed by atoms with van der Waals surface area (Å²) in [5.41, 5.74) is 0.600. The molecule has 1 saturated heterocycles. The molecule has 10 heteroatoms. The van der Waals surface area contributed by atoms with Gasteiger partial charge in [0.25, 0.3) is 0 Å². The molecule has 9 nitrogen and oxygen atoms in total. The van der Waals surface area contributed by atoms with Crippen LogP contribution >= 0.6 is 11.8 Å². The Bertz CT molecular complexity index is 756. The zero-order valence-corrected chi connectivity index (χ0v) is 16.4. The minimum absolute atomic E-state index is 0.126. The number of carbonyl (C=O) groups is 1. The van der Waals surface area contributed by atoms with Gasteiger partial charge in [0.2, 0.25) is 11.1 Å². The second-order valence-electron chi connectivity index (χ2n) is 6.13. The Morgan fingerprint density at radius 2 is 2.11 bits per heavy atom. The summed E-state index contributed by atoms with van der Waals surface area (Å²) >= 11 is 1.30. The van der Waals surface area contributed by atoms with Gasteiger partial charge < -0.3 is 19.5 Å². The van der Waals surface area contributed by atoms with Crippen molar-refractivity contribution in [1.82, 2.24) is 20.2 Å². The molecular weight excluding hydrogens is 370 g/mol. The van der Waals surface area contributed by atoms with E-state index in [0.717, 1.165) is 19.4 Å². The van der Waals surface area contributed by atoms with Gasteiger partial charge in [-0.05, 0) is 30.2 Å². The molecule has 1 amide bonds. The zero-order valence-electron chi connectivity index (χ0n) is 15.5. The highest BCUT2D eigenvalue weighted by Crippen LogP contribution is 2.27. The number of amides is 1. The molecule has 3 rings (SSSR count). The van der Waals surface area contributed by atoms with E-state index in [9.17, 15) is 4.79 Å². The molecule has 1 aliphatic heterocycles. The predicted molar refractivity (Wildman–Crippen MR) is 100 cm³/mol. The van der Waals surface area contributed by atoms with Crippen LogP contribution in [0.25, 0.3) is 0 Å². The normalized spacial score (nSPS) is 17.5. The number of nitrogens with one attached hydrogen (secondary N) is 1. The average Bonchev–Trinajstić information content (AvgIpc) is 3.34. The Morgan fingerprint density at radius 1 is 1.37 bits per heavy atom. The summed E-state index contributed by atoms with van der Waals surface area (Å²) in [5.74, 6) is 1.04. The molecule has 0 aliphatic carbocycles. The van der Waals surface area contributed by atoms with Crippen LogP contribution in [0, 0.1) is 0 Å². The average molecular weight is 393 g/mol. The third kappa shape index (κ3) is 5.10. The fourth-order valence-corrected chi connectivity index (χ4v) is 3.51. The van der Waals surface area contributed by atoms with Crippen LogP contribution in [0.5, 0.6) is 11.5 Å². The van der Waals surface area contributed by atoms with E-state index in [2.05, 4.69) is 20.8 Å². The van der Waals surface area contributed by atoms with Gasteiger partial charge in [-0.1, -0.05) is 11.8 Å². The van der Waals surface area contributed by atoms with Crippen LogP contribution in [0.1, 0.15) is 19.8 Å². The molecule has 0 bridgehead atoms. The number of carbonyl (C=O) groups excluding carboxylic acids is 1. The first-order valence-corrected chi connectivity index (χ1v) is 9.55. The van der Waals surface area contributed by atoms with Crippen LogP contribution in [0.15, 0.2) is 23.4 Å². The number of nitrogens with zero attached hydrogens (tertiary/aromatic N) is 4. The fourth-order valence-electron chi connectivity index (χ4n) is 2.71. The van der Waals surface area contributed by atoms with Crippen LogP contribution < -0.4 is 14.8 Å². The van der Waals surface area contributed by atoms with Crippen molar-refractivity contribution in [3.63, 3.8) is 0 Å². The van der Waals surface area contributed by atoms with Crippen LogP contribution in [0.3, 0.4) is 0 Å². The van der Waals surface area contributed by atoms with Gasteiger partial charge >= 0.3 is 0 Å². The van der Waals surface area contributed by atoms with Crippen LogP contribution in [-0.4, -0.2) is 58.3 Å². The molecule has 1 aliphatic rings. The van der Waals surface area contributed by atoms with Crippen molar-refractivity contribution in [3.05, 3.63) is 18.2 Å². The first kappa shape index (κ1) is 19.4. The third-order valence-electron chi connectivity index (χ3n) is 4.17. The number of rotatable bonds is 8. The van der Waals surface area contributed by atoms with Gasteiger partial charge in [-0.2, -0.15) is 0 Å². The Hall–Kier alpha value is -2.33. The van der Waals surface area contributed by atoms with Crippen molar-refractivity contribution < 1.29 is 19.0 Å². The lowest BCUT2D eigenvalue weighted by atomic mass is 10.2. The molecule has 0 radical (unpaired) electrons. The molecule has 1 aromatic heterocycles. The highest BCUT2D eigenvalue weighted by atomic mass is 32.2. The minimum Gasteiger partial charge on any atom is -0.497 e. The number of hydrogen-bond donors (Lipinski definition) is 1. The third-order valence-corrected chi connectivity index (χ3v) is 5.24. The largest absolute Gasteiger partial charge is 0.497 e. The van der Waals surface area contributed by atoms with Gasteiger partial charge in [0, 0.05) is 30.5 Å². The molecule has 2 unspecified atom stereocenters. The quantitative estimate of drug-likeness (QED) is 0.680. The summed E-state index contributed by atoms with van der Waals surface area (Å²) in [5, 5.41) is 14.8. The van der Waals surface area contributed by atoms with E-state index >= 15 is 0 Å². The number of hydrogen-bond acceptors (Lipinski definition) is 8. The second-order valence-corrected chi connectivity index (χ2v) is 7.44. The van der Waals surface area contributed by atoms with E-state index in [1.165, 1.54) is 11.8 Å². The summed E-state index contributed by atoms with van der Waals surface area (Å²) in [4.78, 5) is 12.6. The van der Waals surface area contributed by atoms with E-state index < -0.39 is 5.25 Å². The Labute approximate surface area is 161 Å². The maximum absolute atomic E-state index is 12.6. The summed E-state index contributed by atoms with van der Waals surface area (Å²) in [7, 11) is 3.12. The number of methoxy groups -OCH3 is 2. The molecule has 0 saturated carbocycles. The highest BCUT2D eigenvalue weighted by Gasteiger charge is 2.22. The highest BCUT2D eigenvalue weighted by molar-refractivity contribution is 8.00. The molecule has 2 atom stereocenters.